The molecule has 3 aromatic carbocycles. The van der Waals surface area contributed by atoms with Gasteiger partial charge in [0, 0.05) is 23.6 Å². The van der Waals surface area contributed by atoms with Crippen molar-refractivity contribution in [2.45, 2.75) is 40.2 Å². The Morgan fingerprint density at radius 1 is 1.03 bits per heavy atom. The molecule has 0 fully saturated rings. The lowest BCUT2D eigenvalue weighted by molar-refractivity contribution is 0.0953. The lowest BCUT2D eigenvalue weighted by Gasteiger charge is -2.13. The molecule has 1 N–H and O–H groups in total. The highest BCUT2D eigenvalue weighted by Gasteiger charge is 2.12. The van der Waals surface area contributed by atoms with Gasteiger partial charge in [-0.2, -0.15) is 0 Å². The number of nitrogens with one attached hydrogen (secondary N) is 1. The Kier molecular flexibility index (Phi) is 7.53. The van der Waals surface area contributed by atoms with E-state index in [4.69, 9.17) is 21.3 Å². The molecule has 0 radical (unpaired) electrons. The van der Waals surface area contributed by atoms with Gasteiger partial charge in [-0.15, -0.1) is 0 Å². The molecule has 34 heavy (non-hydrogen) atoms. The molecule has 6 heteroatoms. The van der Waals surface area contributed by atoms with Gasteiger partial charge < -0.3 is 14.6 Å². The molecule has 176 valence electrons. The van der Waals surface area contributed by atoms with Crippen LogP contribution in [0.5, 0.6) is 5.75 Å². The van der Waals surface area contributed by atoms with E-state index >= 15 is 0 Å². The van der Waals surface area contributed by atoms with Crippen molar-refractivity contribution < 1.29 is 9.53 Å². The minimum atomic E-state index is -0.0459. The summed E-state index contributed by atoms with van der Waals surface area (Å²) in [6.45, 7) is 7.79. The quantitative estimate of drug-likeness (QED) is 0.299. The van der Waals surface area contributed by atoms with Crippen molar-refractivity contribution in [3.8, 4) is 5.75 Å². The monoisotopic (exact) mass is 475 g/mol. The average molecular weight is 476 g/mol. The summed E-state index contributed by atoms with van der Waals surface area (Å²) in [5.41, 5.74) is 5.91. The lowest BCUT2D eigenvalue weighted by Crippen LogP contribution is -2.25. The maximum Gasteiger partial charge on any atom is 0.251 e. The number of carbonyl (C=O) groups is 1. The summed E-state index contributed by atoms with van der Waals surface area (Å²) in [4.78, 5) is 17.2. The molecule has 0 saturated heterocycles. The van der Waals surface area contributed by atoms with Crippen LogP contribution < -0.4 is 10.1 Å². The van der Waals surface area contributed by atoms with Crippen LogP contribution in [0, 0.1) is 20.8 Å². The third kappa shape index (κ3) is 5.60. The molecule has 0 aliphatic rings. The van der Waals surface area contributed by atoms with Gasteiger partial charge in [0.05, 0.1) is 17.6 Å². The Hall–Kier alpha value is -3.31. The first-order valence-electron chi connectivity index (χ1n) is 11.6. The van der Waals surface area contributed by atoms with Gasteiger partial charge in [-0.1, -0.05) is 41.4 Å². The molecule has 0 unspecified atom stereocenters. The summed E-state index contributed by atoms with van der Waals surface area (Å²) in [6.07, 6.45) is 1.57. The van der Waals surface area contributed by atoms with Gasteiger partial charge >= 0.3 is 0 Å². The molecule has 0 aliphatic heterocycles. The first kappa shape index (κ1) is 23.8. The molecule has 4 aromatic rings. The van der Waals surface area contributed by atoms with E-state index in [-0.39, 0.29) is 5.91 Å². The van der Waals surface area contributed by atoms with Gasteiger partial charge in [-0.3, -0.25) is 4.79 Å². The molecule has 0 atom stereocenters. The van der Waals surface area contributed by atoms with Crippen LogP contribution in [0.4, 0.5) is 0 Å². The van der Waals surface area contributed by atoms with Crippen molar-refractivity contribution >= 4 is 28.5 Å². The maximum absolute atomic E-state index is 12.4. The molecule has 5 nitrogen and oxygen atoms in total. The average Bonchev–Trinajstić information content (AvgIpc) is 3.18. The number of aryl methyl sites for hydroxylation is 4. The van der Waals surface area contributed by atoms with E-state index in [0.29, 0.717) is 25.3 Å². The Bertz CT molecular complexity index is 1270. The van der Waals surface area contributed by atoms with E-state index in [0.717, 1.165) is 57.2 Å². The summed E-state index contributed by atoms with van der Waals surface area (Å²) in [5.74, 6) is 1.78. The molecular formula is C28H30ClN3O2. The number of amides is 1. The molecule has 0 spiro atoms. The third-order valence-electron chi connectivity index (χ3n) is 5.90. The number of aromatic nitrogens is 2. The van der Waals surface area contributed by atoms with Gasteiger partial charge in [-0.05, 0) is 74.7 Å². The number of ether oxygens (including phenoxy) is 1. The predicted octanol–water partition coefficient (Wildman–Crippen LogP) is 6.06. The second-order valence-electron chi connectivity index (χ2n) is 8.61. The standard InChI is InChI=1S/C28H30ClN3O2/c1-19-10-12-22(13-11-19)28(33)30-14-6-9-26-31-24-7-4-5-8-25(24)32(26)15-16-34-23-17-20(2)27(29)21(3)18-23/h4-5,7-8,10-13,17-18H,6,9,14-16H2,1-3H3,(H,30,33). The molecule has 4 rings (SSSR count). The first-order valence-corrected chi connectivity index (χ1v) is 12.0. The summed E-state index contributed by atoms with van der Waals surface area (Å²) >= 11 is 6.28. The second kappa shape index (κ2) is 10.7. The van der Waals surface area contributed by atoms with Crippen molar-refractivity contribution in [3.05, 3.63) is 93.8 Å². The lowest BCUT2D eigenvalue weighted by atomic mass is 10.1. The summed E-state index contributed by atoms with van der Waals surface area (Å²) in [6, 6.07) is 19.7. The number of imidazole rings is 1. The topological polar surface area (TPSA) is 56.2 Å². The summed E-state index contributed by atoms with van der Waals surface area (Å²) < 4.78 is 8.27. The van der Waals surface area contributed by atoms with Crippen molar-refractivity contribution in [1.29, 1.82) is 0 Å². The minimum Gasteiger partial charge on any atom is -0.492 e. The molecule has 1 heterocycles. The van der Waals surface area contributed by atoms with Crippen LogP contribution >= 0.6 is 11.6 Å². The second-order valence-corrected chi connectivity index (χ2v) is 8.99. The molecule has 0 bridgehead atoms. The number of hydrogen-bond donors (Lipinski definition) is 1. The van der Waals surface area contributed by atoms with Crippen LogP contribution in [0.1, 0.15) is 39.3 Å². The van der Waals surface area contributed by atoms with Crippen LogP contribution in [0.15, 0.2) is 60.7 Å². The molecular weight excluding hydrogens is 446 g/mol. The molecule has 0 aliphatic carbocycles. The normalized spacial score (nSPS) is 11.1. The van der Waals surface area contributed by atoms with Gasteiger partial charge in [0.2, 0.25) is 0 Å². The Morgan fingerprint density at radius 3 is 2.47 bits per heavy atom. The highest BCUT2D eigenvalue weighted by molar-refractivity contribution is 6.32. The fourth-order valence-corrected chi connectivity index (χ4v) is 4.17. The van der Waals surface area contributed by atoms with Crippen LogP contribution in [-0.2, 0) is 13.0 Å². The SMILES string of the molecule is Cc1ccc(C(=O)NCCCc2nc3ccccc3n2CCOc2cc(C)c(Cl)c(C)c2)cc1. The van der Waals surface area contributed by atoms with Crippen LogP contribution in [0.25, 0.3) is 11.0 Å². The van der Waals surface area contributed by atoms with Crippen molar-refractivity contribution in [3.63, 3.8) is 0 Å². The first-order chi connectivity index (χ1) is 16.4. The fourth-order valence-electron chi connectivity index (χ4n) is 4.07. The van der Waals surface area contributed by atoms with Gasteiger partial charge in [0.1, 0.15) is 18.2 Å². The zero-order chi connectivity index (χ0) is 24.1. The number of benzene rings is 3. The van der Waals surface area contributed by atoms with E-state index in [1.807, 2.05) is 75.4 Å². The third-order valence-corrected chi connectivity index (χ3v) is 6.50. The number of nitrogens with zero attached hydrogens (tertiary/aromatic N) is 2. The Morgan fingerprint density at radius 2 is 1.74 bits per heavy atom. The largest absolute Gasteiger partial charge is 0.492 e. The predicted molar refractivity (Wildman–Crippen MR) is 138 cm³/mol. The van der Waals surface area contributed by atoms with Gasteiger partial charge in [0.15, 0.2) is 0 Å². The highest BCUT2D eigenvalue weighted by atomic mass is 35.5. The smallest absolute Gasteiger partial charge is 0.251 e. The maximum atomic E-state index is 12.4. The van der Waals surface area contributed by atoms with E-state index in [9.17, 15) is 4.79 Å². The van der Waals surface area contributed by atoms with E-state index < -0.39 is 0 Å². The van der Waals surface area contributed by atoms with Crippen molar-refractivity contribution in [2.75, 3.05) is 13.2 Å². The Balaban J connectivity index is 1.38. The number of halogens is 1. The number of fused-ring (bicyclic) bond motifs is 1. The van der Waals surface area contributed by atoms with E-state index in [2.05, 4.69) is 16.0 Å². The fraction of sp³-hybridized carbons (Fsp3) is 0.286. The zero-order valence-corrected chi connectivity index (χ0v) is 20.7. The summed E-state index contributed by atoms with van der Waals surface area (Å²) in [7, 11) is 0. The van der Waals surface area contributed by atoms with Crippen LogP contribution in [0.2, 0.25) is 5.02 Å². The van der Waals surface area contributed by atoms with E-state index in [1.165, 1.54) is 0 Å². The van der Waals surface area contributed by atoms with Crippen LogP contribution in [-0.4, -0.2) is 28.6 Å². The summed E-state index contributed by atoms with van der Waals surface area (Å²) in [5, 5.41) is 3.79. The molecule has 1 aromatic heterocycles. The highest BCUT2D eigenvalue weighted by Crippen LogP contribution is 2.26. The molecule has 0 saturated carbocycles. The number of para-hydroxylation sites is 2. The minimum absolute atomic E-state index is 0.0459. The Labute approximate surface area is 205 Å². The zero-order valence-electron chi connectivity index (χ0n) is 19.9. The molecule has 1 amide bonds. The number of hydrogen-bond acceptors (Lipinski definition) is 3. The number of rotatable bonds is 9. The van der Waals surface area contributed by atoms with Gasteiger partial charge in [-0.25, -0.2) is 4.98 Å². The van der Waals surface area contributed by atoms with E-state index in [1.54, 1.807) is 0 Å². The van der Waals surface area contributed by atoms with Crippen LogP contribution in [0.3, 0.4) is 0 Å². The number of carbonyl (C=O) groups excluding carboxylic acids is 1. The van der Waals surface area contributed by atoms with Crippen molar-refractivity contribution in [2.24, 2.45) is 0 Å². The van der Waals surface area contributed by atoms with Gasteiger partial charge in [0.25, 0.3) is 5.91 Å². The van der Waals surface area contributed by atoms with Crippen molar-refractivity contribution in [1.82, 2.24) is 14.9 Å².